The van der Waals surface area contributed by atoms with Crippen LogP contribution in [0, 0.1) is 11.7 Å². The maximum Gasteiger partial charge on any atom is 0.263 e. The van der Waals surface area contributed by atoms with Gasteiger partial charge in [0.1, 0.15) is 10.7 Å². The zero-order chi connectivity index (χ0) is 15.6. The van der Waals surface area contributed by atoms with Crippen molar-refractivity contribution >= 4 is 30.6 Å². The van der Waals surface area contributed by atoms with Crippen LogP contribution in [0.3, 0.4) is 0 Å². The van der Waals surface area contributed by atoms with Crippen molar-refractivity contribution in [1.29, 1.82) is 0 Å². The summed E-state index contributed by atoms with van der Waals surface area (Å²) in [6.45, 7) is 5.65. The second-order valence-electron chi connectivity index (χ2n) is 5.25. The molecule has 0 aliphatic carbocycles. The van der Waals surface area contributed by atoms with Gasteiger partial charge < -0.3 is 9.30 Å². The fraction of sp³-hybridized carbons (Fsp3) is 0.429. The lowest BCUT2D eigenvalue weighted by molar-refractivity contribution is 0.104. The van der Waals surface area contributed by atoms with E-state index < -0.39 is 14.9 Å². The van der Waals surface area contributed by atoms with E-state index in [1.807, 2.05) is 13.8 Å². The number of hydrogen-bond acceptors (Lipinski definition) is 3. The predicted molar refractivity (Wildman–Crippen MR) is 80.6 cm³/mol. The lowest BCUT2D eigenvalue weighted by atomic mass is 10.2. The molecule has 1 aromatic heterocycles. The molecule has 0 radical (unpaired) electrons. The topological polar surface area (TPSA) is 48.3 Å². The van der Waals surface area contributed by atoms with Gasteiger partial charge in [0.2, 0.25) is 0 Å². The van der Waals surface area contributed by atoms with Crippen molar-refractivity contribution in [3.8, 4) is 0 Å². The fourth-order valence-electron chi connectivity index (χ4n) is 2.10. The Bertz CT molecular complexity index is 740. The van der Waals surface area contributed by atoms with E-state index in [0.717, 1.165) is 0 Å². The summed E-state index contributed by atoms with van der Waals surface area (Å²) in [5, 5.41) is 0.286. The van der Waals surface area contributed by atoms with E-state index in [2.05, 4.69) is 0 Å². The van der Waals surface area contributed by atoms with Gasteiger partial charge in [0, 0.05) is 40.9 Å². The molecule has 2 rings (SSSR count). The van der Waals surface area contributed by atoms with Gasteiger partial charge in [-0.1, -0.05) is 13.8 Å². The molecule has 21 heavy (non-hydrogen) atoms. The van der Waals surface area contributed by atoms with E-state index >= 15 is 0 Å². The quantitative estimate of drug-likeness (QED) is 0.601. The molecule has 0 unspecified atom stereocenters. The van der Waals surface area contributed by atoms with Crippen LogP contribution in [0.5, 0.6) is 0 Å². The summed E-state index contributed by atoms with van der Waals surface area (Å²) in [5.74, 6) is -0.0721. The molecule has 0 aliphatic rings. The van der Waals surface area contributed by atoms with Gasteiger partial charge in [0.15, 0.2) is 0 Å². The number of rotatable bonds is 6. The van der Waals surface area contributed by atoms with E-state index in [1.165, 1.54) is 18.3 Å². The molecule has 0 N–H and O–H groups in total. The van der Waals surface area contributed by atoms with Gasteiger partial charge in [0.25, 0.3) is 9.05 Å². The Morgan fingerprint density at radius 2 is 2.10 bits per heavy atom. The Morgan fingerprint density at radius 1 is 1.38 bits per heavy atom. The van der Waals surface area contributed by atoms with Crippen molar-refractivity contribution in [2.45, 2.75) is 25.3 Å². The number of ether oxygens (including phenoxy) is 1. The largest absolute Gasteiger partial charge is 0.379 e. The monoisotopic (exact) mass is 333 g/mol. The lowest BCUT2D eigenvalue weighted by Gasteiger charge is -2.08. The van der Waals surface area contributed by atoms with Gasteiger partial charge in [-0.2, -0.15) is 0 Å². The molecule has 1 aromatic carbocycles. The first kappa shape index (κ1) is 16.3. The number of hydrogen-bond donors (Lipinski definition) is 0. The van der Waals surface area contributed by atoms with E-state index in [0.29, 0.717) is 31.2 Å². The zero-order valence-corrected chi connectivity index (χ0v) is 13.4. The Labute approximate surface area is 127 Å². The summed E-state index contributed by atoms with van der Waals surface area (Å²) >= 11 is 0. The van der Waals surface area contributed by atoms with Gasteiger partial charge in [-0.05, 0) is 24.1 Å². The molecule has 2 aromatic rings. The van der Waals surface area contributed by atoms with E-state index in [9.17, 15) is 12.8 Å². The maximum atomic E-state index is 13.3. The summed E-state index contributed by atoms with van der Waals surface area (Å²) < 4.78 is 43.7. The third kappa shape index (κ3) is 3.96. The maximum absolute atomic E-state index is 13.3. The van der Waals surface area contributed by atoms with Crippen LogP contribution in [0.1, 0.15) is 13.8 Å². The molecule has 0 saturated carbocycles. The standard InChI is InChI=1S/C14H17ClFNO3S/c1-10(2)9-20-6-5-17-8-14(21(15,18)19)12-7-11(16)3-4-13(12)17/h3-4,7-8,10H,5-6,9H2,1-2H3. The van der Waals surface area contributed by atoms with Gasteiger partial charge >= 0.3 is 0 Å². The first-order chi connectivity index (χ1) is 9.79. The first-order valence-corrected chi connectivity index (χ1v) is 8.91. The van der Waals surface area contributed by atoms with Crippen LogP contribution < -0.4 is 0 Å². The lowest BCUT2D eigenvalue weighted by Crippen LogP contribution is -2.08. The molecule has 0 atom stereocenters. The molecule has 7 heteroatoms. The zero-order valence-electron chi connectivity index (χ0n) is 11.8. The Kier molecular flexibility index (Phi) is 4.91. The molecule has 0 fully saturated rings. The van der Waals surface area contributed by atoms with E-state index in [-0.39, 0.29) is 10.3 Å². The van der Waals surface area contributed by atoms with Gasteiger partial charge in [0.05, 0.1) is 6.61 Å². The van der Waals surface area contributed by atoms with E-state index in [4.69, 9.17) is 15.4 Å². The highest BCUT2D eigenvalue weighted by molar-refractivity contribution is 8.14. The highest BCUT2D eigenvalue weighted by Gasteiger charge is 2.19. The van der Waals surface area contributed by atoms with Crippen molar-refractivity contribution in [3.05, 3.63) is 30.2 Å². The molecular weight excluding hydrogens is 317 g/mol. The first-order valence-electron chi connectivity index (χ1n) is 6.60. The molecule has 1 heterocycles. The number of fused-ring (bicyclic) bond motifs is 1. The van der Waals surface area contributed by atoms with Crippen molar-refractivity contribution in [3.63, 3.8) is 0 Å². The molecule has 0 amide bonds. The Balaban J connectivity index is 2.32. The van der Waals surface area contributed by atoms with Crippen molar-refractivity contribution in [1.82, 2.24) is 4.57 Å². The van der Waals surface area contributed by atoms with Crippen LogP contribution in [0.2, 0.25) is 0 Å². The van der Waals surface area contributed by atoms with Gasteiger partial charge in [-0.25, -0.2) is 12.8 Å². The second kappa shape index (κ2) is 6.34. The van der Waals surface area contributed by atoms with Crippen LogP contribution in [0.4, 0.5) is 4.39 Å². The molecule has 4 nitrogen and oxygen atoms in total. The van der Waals surface area contributed by atoms with Gasteiger partial charge in [-0.15, -0.1) is 0 Å². The van der Waals surface area contributed by atoms with Crippen LogP contribution in [0.15, 0.2) is 29.3 Å². The van der Waals surface area contributed by atoms with Gasteiger partial charge in [-0.3, -0.25) is 0 Å². The Morgan fingerprint density at radius 3 is 2.71 bits per heavy atom. The van der Waals surface area contributed by atoms with Crippen molar-refractivity contribution in [2.24, 2.45) is 5.92 Å². The van der Waals surface area contributed by atoms with E-state index in [1.54, 1.807) is 10.6 Å². The predicted octanol–water partition coefficient (Wildman–Crippen LogP) is 3.38. The van der Waals surface area contributed by atoms with Crippen molar-refractivity contribution in [2.75, 3.05) is 13.2 Å². The second-order valence-corrected chi connectivity index (χ2v) is 7.79. The van der Waals surface area contributed by atoms with Crippen LogP contribution >= 0.6 is 10.7 Å². The summed E-state index contributed by atoms with van der Waals surface area (Å²) in [5.41, 5.74) is 0.615. The summed E-state index contributed by atoms with van der Waals surface area (Å²) in [6, 6.07) is 4.01. The highest BCUT2D eigenvalue weighted by atomic mass is 35.7. The number of aromatic nitrogens is 1. The summed E-state index contributed by atoms with van der Waals surface area (Å²) in [4.78, 5) is -0.0810. The smallest absolute Gasteiger partial charge is 0.263 e. The molecule has 116 valence electrons. The molecule has 0 aliphatic heterocycles. The average molecular weight is 334 g/mol. The third-order valence-electron chi connectivity index (χ3n) is 3.00. The van der Waals surface area contributed by atoms with Crippen LogP contribution in [-0.4, -0.2) is 26.2 Å². The minimum absolute atomic E-state index is 0.0810. The minimum atomic E-state index is -3.93. The molecular formula is C14H17ClFNO3S. The van der Waals surface area contributed by atoms with Crippen molar-refractivity contribution < 1.29 is 17.5 Å². The summed E-state index contributed by atoms with van der Waals surface area (Å²) in [7, 11) is 1.49. The average Bonchev–Trinajstić information content (AvgIpc) is 2.72. The number of halogens is 2. The molecule has 0 spiro atoms. The third-order valence-corrected chi connectivity index (χ3v) is 4.35. The highest BCUT2D eigenvalue weighted by Crippen LogP contribution is 2.28. The minimum Gasteiger partial charge on any atom is -0.379 e. The Hall–Kier alpha value is -1.11. The normalized spacial score (nSPS) is 12.4. The SMILES string of the molecule is CC(C)COCCn1cc(S(=O)(=O)Cl)c2cc(F)ccc21. The molecule has 0 bridgehead atoms. The van der Waals surface area contributed by atoms with Crippen LogP contribution in [-0.2, 0) is 20.3 Å². The fourth-order valence-corrected chi connectivity index (χ4v) is 3.15. The number of benzene rings is 1. The summed E-state index contributed by atoms with van der Waals surface area (Å²) in [6.07, 6.45) is 1.42. The van der Waals surface area contributed by atoms with Crippen LogP contribution in [0.25, 0.3) is 10.9 Å². The number of nitrogens with zero attached hydrogens (tertiary/aromatic N) is 1. The molecule has 0 saturated heterocycles.